The molecule has 0 spiro atoms. The lowest BCUT2D eigenvalue weighted by atomic mass is 9.45. The first-order valence-electron chi connectivity index (χ1n) is 10.8. The van der Waals surface area contributed by atoms with Crippen LogP contribution in [0.3, 0.4) is 0 Å². The van der Waals surface area contributed by atoms with Crippen LogP contribution < -0.4 is 10.6 Å². The fourth-order valence-corrected chi connectivity index (χ4v) is 7.26. The van der Waals surface area contributed by atoms with Crippen molar-refractivity contribution in [2.45, 2.75) is 72.8 Å². The summed E-state index contributed by atoms with van der Waals surface area (Å²) in [5, 5.41) is 7.66. The van der Waals surface area contributed by atoms with Gasteiger partial charge in [0, 0.05) is 19.1 Å². The zero-order valence-electron chi connectivity index (χ0n) is 16.7. The average Bonchev–Trinajstić information content (AvgIpc) is 2.55. The molecule has 0 heterocycles. The Hall–Kier alpha value is -0.0800. The van der Waals surface area contributed by atoms with E-state index in [-0.39, 0.29) is 0 Å². The van der Waals surface area contributed by atoms with Crippen molar-refractivity contribution in [3.8, 4) is 0 Å². The van der Waals surface area contributed by atoms with Crippen LogP contribution in [-0.2, 0) is 0 Å². The van der Waals surface area contributed by atoms with E-state index in [0.29, 0.717) is 10.8 Å². The fourth-order valence-electron chi connectivity index (χ4n) is 7.26. The fraction of sp³-hybridized carbons (Fsp3) is 1.00. The number of rotatable bonds is 6. The molecule has 6 saturated carbocycles. The lowest BCUT2D eigenvalue weighted by molar-refractivity contribution is -0.115. The van der Waals surface area contributed by atoms with E-state index in [1.54, 1.807) is 0 Å². The second-order valence-corrected chi connectivity index (χ2v) is 10.9. The maximum atomic E-state index is 3.88. The molecule has 138 valence electrons. The second kappa shape index (κ2) is 5.98. The topological polar surface area (TPSA) is 24.1 Å². The summed E-state index contributed by atoms with van der Waals surface area (Å²) in [5.74, 6) is 5.74. The van der Waals surface area contributed by atoms with Gasteiger partial charge in [-0.3, -0.25) is 0 Å². The van der Waals surface area contributed by atoms with Crippen molar-refractivity contribution in [3.63, 3.8) is 0 Å². The summed E-state index contributed by atoms with van der Waals surface area (Å²) in [6.07, 6.45) is 7.36. The molecule has 6 aliphatic rings. The van der Waals surface area contributed by atoms with Crippen LogP contribution in [-0.4, -0.2) is 25.7 Å². The average molecular weight is 333 g/mol. The Bertz CT molecular complexity index is 467. The summed E-state index contributed by atoms with van der Waals surface area (Å²) >= 11 is 0. The van der Waals surface area contributed by atoms with Crippen LogP contribution >= 0.6 is 0 Å². The third kappa shape index (κ3) is 2.58. The molecule has 0 radical (unpaired) electrons. The summed E-state index contributed by atoms with van der Waals surface area (Å²) in [5.41, 5.74) is 1.25. The van der Waals surface area contributed by atoms with E-state index in [1.807, 2.05) is 0 Å². The molecule has 6 fully saturated rings. The summed E-state index contributed by atoms with van der Waals surface area (Å²) in [7, 11) is 0. The highest BCUT2D eigenvalue weighted by Gasteiger charge is 2.56. The Morgan fingerprint density at radius 2 is 1.54 bits per heavy atom. The molecule has 2 heteroatoms. The smallest absolute Gasteiger partial charge is 0.00989 e. The first-order valence-corrected chi connectivity index (χ1v) is 10.8. The molecule has 0 aliphatic heterocycles. The summed E-state index contributed by atoms with van der Waals surface area (Å²) in [4.78, 5) is 0. The monoisotopic (exact) mass is 332 g/mol. The summed E-state index contributed by atoms with van der Waals surface area (Å²) in [6, 6.07) is 0.768. The third-order valence-corrected chi connectivity index (χ3v) is 9.47. The van der Waals surface area contributed by atoms with Gasteiger partial charge in [0.15, 0.2) is 0 Å². The van der Waals surface area contributed by atoms with Crippen molar-refractivity contribution in [2.75, 3.05) is 19.6 Å². The predicted molar refractivity (Wildman–Crippen MR) is 102 cm³/mol. The standard InChI is InChI=1S/C22H40N2/c1-14-18-11-17(22(18,4)5)12-20(14)24-9-8-23-13-15-6-7-16-10-19(15)21(16,2)3/h14-20,23-24H,6-13H2,1-5H3/t14-,15-,16?,17+,18-,19?,20-/m0/s1. The molecule has 7 atom stereocenters. The molecule has 2 N–H and O–H groups in total. The Labute approximate surface area is 149 Å². The minimum Gasteiger partial charge on any atom is -0.315 e. The van der Waals surface area contributed by atoms with Gasteiger partial charge in [0.2, 0.25) is 0 Å². The normalized spacial score (nSPS) is 47.6. The van der Waals surface area contributed by atoms with Gasteiger partial charge in [0.05, 0.1) is 0 Å². The van der Waals surface area contributed by atoms with Crippen molar-refractivity contribution < 1.29 is 0 Å². The maximum Gasteiger partial charge on any atom is 0.00989 e. The van der Waals surface area contributed by atoms with Crippen LogP contribution in [0, 0.1) is 46.3 Å². The molecule has 2 unspecified atom stereocenters. The van der Waals surface area contributed by atoms with Crippen LogP contribution in [0.15, 0.2) is 0 Å². The first kappa shape index (κ1) is 17.3. The van der Waals surface area contributed by atoms with Gasteiger partial charge in [-0.25, -0.2) is 0 Å². The Morgan fingerprint density at radius 1 is 0.833 bits per heavy atom. The van der Waals surface area contributed by atoms with Crippen molar-refractivity contribution in [2.24, 2.45) is 46.3 Å². The molecule has 4 bridgehead atoms. The van der Waals surface area contributed by atoms with E-state index in [9.17, 15) is 0 Å². The van der Waals surface area contributed by atoms with Crippen molar-refractivity contribution in [1.82, 2.24) is 10.6 Å². The molecule has 6 aliphatic carbocycles. The van der Waals surface area contributed by atoms with Gasteiger partial charge in [0.25, 0.3) is 0 Å². The predicted octanol–water partition coefficient (Wildman–Crippen LogP) is 4.31. The van der Waals surface area contributed by atoms with Crippen LogP contribution in [0.1, 0.15) is 66.7 Å². The number of fused-ring (bicyclic) bond motifs is 4. The highest BCUT2D eigenvalue weighted by atomic mass is 15.0. The molecular weight excluding hydrogens is 292 g/mol. The van der Waals surface area contributed by atoms with Crippen molar-refractivity contribution in [1.29, 1.82) is 0 Å². The summed E-state index contributed by atoms with van der Waals surface area (Å²) < 4.78 is 0. The van der Waals surface area contributed by atoms with Gasteiger partial charge in [-0.2, -0.15) is 0 Å². The minimum absolute atomic E-state index is 0.615. The van der Waals surface area contributed by atoms with E-state index < -0.39 is 0 Å². The van der Waals surface area contributed by atoms with Crippen molar-refractivity contribution in [3.05, 3.63) is 0 Å². The van der Waals surface area contributed by atoms with Crippen LogP contribution in [0.4, 0.5) is 0 Å². The van der Waals surface area contributed by atoms with Crippen molar-refractivity contribution >= 4 is 0 Å². The molecule has 0 amide bonds. The van der Waals surface area contributed by atoms with Gasteiger partial charge < -0.3 is 10.6 Å². The SMILES string of the molecule is C[C@@H]1[C@@H](NCCNC[C@@H]2CCC3CC2C3(C)C)C[C@H]2C[C@@H]1C2(C)C. The first-order chi connectivity index (χ1) is 11.3. The lowest BCUT2D eigenvalue weighted by Crippen LogP contribution is -2.60. The minimum atomic E-state index is 0.615. The van der Waals surface area contributed by atoms with E-state index in [1.165, 1.54) is 38.6 Å². The highest BCUT2D eigenvalue weighted by Crippen LogP contribution is 2.62. The molecule has 0 saturated heterocycles. The molecule has 0 aromatic carbocycles. The van der Waals surface area contributed by atoms with Gasteiger partial charge in [0.1, 0.15) is 0 Å². The quantitative estimate of drug-likeness (QED) is 0.708. The Balaban J connectivity index is 1.15. The third-order valence-electron chi connectivity index (χ3n) is 9.47. The van der Waals surface area contributed by atoms with Gasteiger partial charge in [-0.1, -0.05) is 34.6 Å². The van der Waals surface area contributed by atoms with E-state index in [0.717, 1.165) is 54.6 Å². The van der Waals surface area contributed by atoms with E-state index in [4.69, 9.17) is 0 Å². The molecule has 0 aromatic rings. The van der Waals surface area contributed by atoms with Gasteiger partial charge in [-0.15, -0.1) is 0 Å². The lowest BCUT2D eigenvalue weighted by Gasteiger charge is -2.62. The Morgan fingerprint density at radius 3 is 2.17 bits per heavy atom. The van der Waals surface area contributed by atoms with Crippen LogP contribution in [0.25, 0.3) is 0 Å². The zero-order valence-corrected chi connectivity index (χ0v) is 16.7. The number of nitrogens with one attached hydrogen (secondary N) is 2. The Kier molecular flexibility index (Phi) is 4.32. The number of hydrogen-bond acceptors (Lipinski definition) is 2. The maximum absolute atomic E-state index is 3.88. The summed E-state index contributed by atoms with van der Waals surface area (Å²) in [6.45, 7) is 16.1. The molecular formula is C22H40N2. The molecule has 0 aromatic heterocycles. The van der Waals surface area contributed by atoms with Gasteiger partial charge in [-0.05, 0) is 85.0 Å². The van der Waals surface area contributed by atoms with Gasteiger partial charge >= 0.3 is 0 Å². The second-order valence-electron chi connectivity index (χ2n) is 10.9. The highest BCUT2D eigenvalue weighted by molar-refractivity contribution is 5.07. The van der Waals surface area contributed by atoms with E-state index >= 15 is 0 Å². The molecule has 24 heavy (non-hydrogen) atoms. The zero-order chi connectivity index (χ0) is 17.1. The molecule has 2 nitrogen and oxygen atoms in total. The molecule has 6 rings (SSSR count). The van der Waals surface area contributed by atoms with Crippen LogP contribution in [0.2, 0.25) is 0 Å². The van der Waals surface area contributed by atoms with Crippen LogP contribution in [0.5, 0.6) is 0 Å². The van der Waals surface area contributed by atoms with E-state index in [2.05, 4.69) is 45.3 Å². The largest absolute Gasteiger partial charge is 0.315 e. The number of hydrogen-bond donors (Lipinski definition) is 2.